The van der Waals surface area contributed by atoms with E-state index >= 15 is 0 Å². The Morgan fingerprint density at radius 3 is 2.48 bits per heavy atom. The second-order valence-electron chi connectivity index (χ2n) is 7.71. The molecule has 31 heavy (non-hydrogen) atoms. The van der Waals surface area contributed by atoms with Crippen LogP contribution in [0, 0.1) is 11.7 Å². The van der Waals surface area contributed by atoms with Gasteiger partial charge in [0.2, 0.25) is 0 Å². The summed E-state index contributed by atoms with van der Waals surface area (Å²) >= 11 is 0. The Balaban J connectivity index is 1.42. The Morgan fingerprint density at radius 2 is 1.81 bits per heavy atom. The molecule has 4 aromatic rings. The van der Waals surface area contributed by atoms with E-state index in [0.717, 1.165) is 23.2 Å². The molecule has 1 aliphatic rings. The van der Waals surface area contributed by atoms with Gasteiger partial charge in [0.05, 0.1) is 0 Å². The first-order chi connectivity index (χ1) is 15.2. The highest BCUT2D eigenvalue weighted by Gasteiger charge is 2.25. The maximum absolute atomic E-state index is 13.2. The van der Waals surface area contributed by atoms with E-state index in [4.69, 9.17) is 0 Å². The minimum atomic E-state index is -0.341. The van der Waals surface area contributed by atoms with Gasteiger partial charge in [0.15, 0.2) is 5.82 Å². The van der Waals surface area contributed by atoms with Crippen LogP contribution in [0.3, 0.4) is 0 Å². The third kappa shape index (κ3) is 4.35. The van der Waals surface area contributed by atoms with Gasteiger partial charge in [-0.25, -0.2) is 14.4 Å². The number of rotatable bonds is 6. The van der Waals surface area contributed by atoms with E-state index in [2.05, 4.69) is 20.3 Å². The molecule has 0 saturated heterocycles. The Hall–Kier alpha value is -3.87. The van der Waals surface area contributed by atoms with Crippen molar-refractivity contribution < 1.29 is 9.18 Å². The Labute approximate surface area is 178 Å². The zero-order chi connectivity index (χ0) is 21.2. The normalized spacial score (nSPS) is 13.2. The number of nitrogens with zero attached hydrogens (tertiary/aromatic N) is 4. The van der Waals surface area contributed by atoms with Gasteiger partial charge in [-0.2, -0.15) is 0 Å². The highest BCUT2D eigenvalue weighted by Crippen LogP contribution is 2.33. The molecule has 7 heteroatoms. The molecule has 0 unspecified atom stereocenters. The number of amides is 1. The van der Waals surface area contributed by atoms with E-state index < -0.39 is 0 Å². The molecule has 6 nitrogen and oxygen atoms in total. The van der Waals surface area contributed by atoms with Crippen molar-refractivity contribution in [2.24, 2.45) is 5.92 Å². The lowest BCUT2D eigenvalue weighted by Gasteiger charge is -2.09. The third-order valence-corrected chi connectivity index (χ3v) is 5.29. The summed E-state index contributed by atoms with van der Waals surface area (Å²) in [6.07, 6.45) is 11.3. The molecule has 5 rings (SSSR count). The number of hydrogen-bond donors (Lipinski definition) is 1. The molecule has 0 spiro atoms. The molecule has 3 aromatic heterocycles. The minimum absolute atomic E-state index is 0.230. The minimum Gasteiger partial charge on any atom is -0.343 e. The molecular weight excluding hydrogens is 393 g/mol. The van der Waals surface area contributed by atoms with E-state index in [1.54, 1.807) is 36.9 Å². The second kappa shape index (κ2) is 8.10. The predicted octanol–water partition coefficient (Wildman–Crippen LogP) is 4.81. The Kier molecular flexibility index (Phi) is 5.00. The maximum Gasteiger partial charge on any atom is 0.272 e. The summed E-state index contributed by atoms with van der Waals surface area (Å²) in [5, 5.41) is 2.85. The van der Waals surface area contributed by atoms with Crippen molar-refractivity contribution in [3.63, 3.8) is 0 Å². The summed E-state index contributed by atoms with van der Waals surface area (Å²) in [4.78, 5) is 26.0. The van der Waals surface area contributed by atoms with Crippen molar-refractivity contribution in [2.75, 3.05) is 5.32 Å². The van der Waals surface area contributed by atoms with Crippen LogP contribution in [-0.2, 0) is 6.54 Å². The second-order valence-corrected chi connectivity index (χ2v) is 7.71. The van der Waals surface area contributed by atoms with Crippen LogP contribution in [0.2, 0.25) is 0 Å². The SMILES string of the molecule is O=C(Nc1ccc(F)cc1)c1cc(-c2cnc(-c3cccnc3)nc2)cn1CC1CC1. The summed E-state index contributed by atoms with van der Waals surface area (Å²) in [5.41, 5.74) is 3.67. The number of aromatic nitrogens is 4. The molecule has 3 heterocycles. The Morgan fingerprint density at radius 1 is 1.03 bits per heavy atom. The zero-order valence-electron chi connectivity index (χ0n) is 16.7. The molecule has 1 amide bonds. The first kappa shape index (κ1) is 19.1. The summed E-state index contributed by atoms with van der Waals surface area (Å²) in [5.74, 6) is 0.629. The quantitative estimate of drug-likeness (QED) is 0.492. The molecule has 1 saturated carbocycles. The zero-order valence-corrected chi connectivity index (χ0v) is 16.7. The smallest absolute Gasteiger partial charge is 0.272 e. The summed E-state index contributed by atoms with van der Waals surface area (Å²) in [6, 6.07) is 11.4. The summed E-state index contributed by atoms with van der Waals surface area (Å²) < 4.78 is 15.1. The number of anilines is 1. The van der Waals surface area contributed by atoms with Gasteiger partial charge < -0.3 is 9.88 Å². The monoisotopic (exact) mass is 413 g/mol. The largest absolute Gasteiger partial charge is 0.343 e. The first-order valence-corrected chi connectivity index (χ1v) is 10.2. The molecule has 1 N–H and O–H groups in total. The fourth-order valence-corrected chi connectivity index (χ4v) is 3.44. The highest BCUT2D eigenvalue weighted by atomic mass is 19.1. The van der Waals surface area contributed by atoms with Crippen LogP contribution in [0.4, 0.5) is 10.1 Å². The fourth-order valence-electron chi connectivity index (χ4n) is 3.44. The molecule has 1 aliphatic carbocycles. The number of benzene rings is 1. The molecule has 1 aromatic carbocycles. The Bertz CT molecular complexity index is 1200. The number of halogens is 1. The van der Waals surface area contributed by atoms with Crippen LogP contribution >= 0.6 is 0 Å². The van der Waals surface area contributed by atoms with Crippen LogP contribution in [0.1, 0.15) is 23.3 Å². The molecule has 0 atom stereocenters. The molecule has 1 fully saturated rings. The standard InChI is InChI=1S/C24H20FN5O/c25-20-5-7-21(8-6-20)29-24(31)22-10-18(15-30(22)14-16-3-4-16)19-12-27-23(28-13-19)17-2-1-9-26-11-17/h1-2,5-13,15-16H,3-4,14H2,(H,29,31). The molecule has 0 radical (unpaired) electrons. The fraction of sp³-hybridized carbons (Fsp3) is 0.167. The maximum atomic E-state index is 13.2. The lowest BCUT2D eigenvalue weighted by molar-refractivity contribution is 0.101. The summed E-state index contributed by atoms with van der Waals surface area (Å²) in [6.45, 7) is 0.792. The van der Waals surface area contributed by atoms with E-state index in [1.807, 2.05) is 29.0 Å². The number of pyridine rings is 1. The topological polar surface area (TPSA) is 72.7 Å². The lowest BCUT2D eigenvalue weighted by atomic mass is 10.1. The van der Waals surface area contributed by atoms with Crippen LogP contribution in [0.15, 0.2) is 73.4 Å². The van der Waals surface area contributed by atoms with Crippen LogP contribution in [0.5, 0.6) is 0 Å². The van der Waals surface area contributed by atoms with Gasteiger partial charge in [0, 0.05) is 59.9 Å². The van der Waals surface area contributed by atoms with E-state index in [0.29, 0.717) is 23.1 Å². The first-order valence-electron chi connectivity index (χ1n) is 10.2. The average molecular weight is 413 g/mol. The lowest BCUT2D eigenvalue weighted by Crippen LogP contribution is -2.17. The van der Waals surface area contributed by atoms with Gasteiger partial charge in [0.25, 0.3) is 5.91 Å². The van der Waals surface area contributed by atoms with Crippen LogP contribution < -0.4 is 5.32 Å². The van der Waals surface area contributed by atoms with Crippen molar-refractivity contribution in [3.05, 3.63) is 85.0 Å². The van der Waals surface area contributed by atoms with Gasteiger partial charge >= 0.3 is 0 Å². The van der Waals surface area contributed by atoms with Crippen molar-refractivity contribution in [2.45, 2.75) is 19.4 Å². The van der Waals surface area contributed by atoms with Crippen LogP contribution in [0.25, 0.3) is 22.5 Å². The van der Waals surface area contributed by atoms with Gasteiger partial charge in [0.1, 0.15) is 11.5 Å². The number of carbonyl (C=O) groups is 1. The van der Waals surface area contributed by atoms with Crippen molar-refractivity contribution in [1.29, 1.82) is 0 Å². The van der Waals surface area contributed by atoms with Gasteiger partial charge in [-0.05, 0) is 61.2 Å². The molecule has 0 bridgehead atoms. The van der Waals surface area contributed by atoms with E-state index in [9.17, 15) is 9.18 Å². The summed E-state index contributed by atoms with van der Waals surface area (Å²) in [7, 11) is 0. The van der Waals surface area contributed by atoms with Crippen molar-refractivity contribution in [1.82, 2.24) is 19.5 Å². The predicted molar refractivity (Wildman–Crippen MR) is 116 cm³/mol. The molecule has 0 aliphatic heterocycles. The van der Waals surface area contributed by atoms with Gasteiger partial charge in [-0.1, -0.05) is 0 Å². The highest BCUT2D eigenvalue weighted by molar-refractivity contribution is 6.04. The number of carbonyl (C=O) groups excluding carboxylic acids is 1. The van der Waals surface area contributed by atoms with E-state index in [-0.39, 0.29) is 11.7 Å². The van der Waals surface area contributed by atoms with Crippen molar-refractivity contribution in [3.8, 4) is 22.5 Å². The third-order valence-electron chi connectivity index (χ3n) is 5.29. The number of nitrogens with one attached hydrogen (secondary N) is 1. The van der Waals surface area contributed by atoms with Gasteiger partial charge in [-0.3, -0.25) is 9.78 Å². The van der Waals surface area contributed by atoms with E-state index in [1.165, 1.54) is 25.0 Å². The van der Waals surface area contributed by atoms with Crippen molar-refractivity contribution >= 4 is 11.6 Å². The molecule has 154 valence electrons. The number of hydrogen-bond acceptors (Lipinski definition) is 4. The average Bonchev–Trinajstić information content (AvgIpc) is 3.52. The van der Waals surface area contributed by atoms with Gasteiger partial charge in [-0.15, -0.1) is 0 Å². The molecular formula is C24H20FN5O. The van der Waals surface area contributed by atoms with Crippen LogP contribution in [-0.4, -0.2) is 25.4 Å².